The van der Waals surface area contributed by atoms with Crippen LogP contribution in [0.4, 0.5) is 5.69 Å². The number of pyridine rings is 2. The van der Waals surface area contributed by atoms with E-state index in [1.54, 1.807) is 42.6 Å². The number of amides is 1. The zero-order chi connectivity index (χ0) is 19.5. The van der Waals surface area contributed by atoms with E-state index in [1.807, 2.05) is 36.4 Å². The maximum atomic E-state index is 13.1. The molecular weight excluding hydrogens is 374 g/mol. The third kappa shape index (κ3) is 3.66. The predicted octanol–water partition coefficient (Wildman–Crippen LogP) is 4.35. The lowest BCUT2D eigenvalue weighted by Gasteiger charge is -2.12. The first-order valence-electron chi connectivity index (χ1n) is 8.71. The second-order valence-corrected chi connectivity index (χ2v) is 6.75. The Hall–Kier alpha value is -3.44. The average molecular weight is 390 g/mol. The van der Waals surface area contributed by atoms with Crippen LogP contribution in [0, 0.1) is 0 Å². The number of fused-ring (bicyclic) bond motifs is 1. The van der Waals surface area contributed by atoms with Gasteiger partial charge in [-0.3, -0.25) is 14.2 Å². The number of aromatic nitrogens is 2. The van der Waals surface area contributed by atoms with Gasteiger partial charge in [0.15, 0.2) is 0 Å². The van der Waals surface area contributed by atoms with Gasteiger partial charge in [0.1, 0.15) is 11.2 Å². The van der Waals surface area contributed by atoms with Gasteiger partial charge in [-0.25, -0.2) is 4.98 Å². The number of para-hydroxylation sites is 1. The minimum absolute atomic E-state index is 0.0679. The van der Waals surface area contributed by atoms with Gasteiger partial charge in [0.2, 0.25) is 0 Å². The lowest BCUT2D eigenvalue weighted by Crippen LogP contribution is -2.30. The van der Waals surface area contributed by atoms with Crippen molar-refractivity contribution >= 4 is 34.2 Å². The standard InChI is InChI=1S/C22H16ClN3O2/c23-17-10-8-15(9-11-17)14-26-20-16(5-4-12-24-20)13-19(22(26)28)21(27)25-18-6-2-1-3-7-18/h1-13H,14H2,(H,25,27). The third-order valence-electron chi connectivity index (χ3n) is 4.38. The van der Waals surface area contributed by atoms with E-state index in [1.165, 1.54) is 4.57 Å². The highest BCUT2D eigenvalue weighted by Crippen LogP contribution is 2.16. The Kier molecular flexibility index (Phi) is 4.91. The van der Waals surface area contributed by atoms with E-state index in [-0.39, 0.29) is 12.1 Å². The molecule has 138 valence electrons. The van der Waals surface area contributed by atoms with E-state index < -0.39 is 11.5 Å². The Morgan fingerprint density at radius 3 is 2.50 bits per heavy atom. The van der Waals surface area contributed by atoms with Gasteiger partial charge in [-0.05, 0) is 48.0 Å². The van der Waals surface area contributed by atoms with E-state index in [9.17, 15) is 9.59 Å². The fourth-order valence-electron chi connectivity index (χ4n) is 3.01. The van der Waals surface area contributed by atoms with Crippen LogP contribution in [0.5, 0.6) is 0 Å². The van der Waals surface area contributed by atoms with E-state index in [0.29, 0.717) is 21.7 Å². The second-order valence-electron chi connectivity index (χ2n) is 6.31. The van der Waals surface area contributed by atoms with Gasteiger partial charge in [0, 0.05) is 22.3 Å². The summed E-state index contributed by atoms with van der Waals surface area (Å²) in [7, 11) is 0. The van der Waals surface area contributed by atoms with Crippen molar-refractivity contribution in [2.75, 3.05) is 5.32 Å². The Balaban J connectivity index is 1.79. The molecule has 2 heterocycles. The van der Waals surface area contributed by atoms with Gasteiger partial charge >= 0.3 is 0 Å². The van der Waals surface area contributed by atoms with E-state index in [2.05, 4.69) is 10.3 Å². The van der Waals surface area contributed by atoms with Crippen LogP contribution in [0.25, 0.3) is 11.0 Å². The first-order valence-corrected chi connectivity index (χ1v) is 9.09. The van der Waals surface area contributed by atoms with Crippen LogP contribution in [-0.2, 0) is 6.54 Å². The average Bonchev–Trinajstić information content (AvgIpc) is 2.72. The molecule has 0 atom stereocenters. The van der Waals surface area contributed by atoms with Crippen LogP contribution in [0.2, 0.25) is 5.02 Å². The summed E-state index contributed by atoms with van der Waals surface area (Å²) in [5.74, 6) is -0.452. The third-order valence-corrected chi connectivity index (χ3v) is 4.63. The molecule has 0 aliphatic heterocycles. The highest BCUT2D eigenvalue weighted by atomic mass is 35.5. The summed E-state index contributed by atoms with van der Waals surface area (Å²) < 4.78 is 1.51. The van der Waals surface area contributed by atoms with Crippen molar-refractivity contribution < 1.29 is 4.79 Å². The molecule has 1 N–H and O–H groups in total. The minimum atomic E-state index is -0.452. The van der Waals surface area contributed by atoms with Crippen LogP contribution in [0.1, 0.15) is 15.9 Å². The number of halogens is 1. The van der Waals surface area contributed by atoms with Crippen molar-refractivity contribution in [3.8, 4) is 0 Å². The molecule has 0 bridgehead atoms. The molecule has 0 aliphatic carbocycles. The molecule has 0 unspecified atom stereocenters. The number of anilines is 1. The van der Waals surface area contributed by atoms with Crippen LogP contribution >= 0.6 is 11.6 Å². The first-order chi connectivity index (χ1) is 13.6. The number of carbonyl (C=O) groups excluding carboxylic acids is 1. The fraction of sp³-hybridized carbons (Fsp3) is 0.0455. The Morgan fingerprint density at radius 2 is 1.75 bits per heavy atom. The lowest BCUT2D eigenvalue weighted by atomic mass is 10.1. The Labute approximate surface area is 166 Å². The van der Waals surface area contributed by atoms with Crippen LogP contribution in [0.3, 0.4) is 0 Å². The molecule has 0 spiro atoms. The van der Waals surface area contributed by atoms with Crippen molar-refractivity contribution in [1.82, 2.24) is 9.55 Å². The highest BCUT2D eigenvalue weighted by Gasteiger charge is 2.17. The topological polar surface area (TPSA) is 64.0 Å². The monoisotopic (exact) mass is 389 g/mol. The minimum Gasteiger partial charge on any atom is -0.322 e. The number of nitrogens with one attached hydrogen (secondary N) is 1. The van der Waals surface area contributed by atoms with Gasteiger partial charge in [0.05, 0.1) is 6.54 Å². The van der Waals surface area contributed by atoms with E-state index in [0.717, 1.165) is 5.56 Å². The predicted molar refractivity (Wildman–Crippen MR) is 111 cm³/mol. The summed E-state index contributed by atoms with van der Waals surface area (Å²) in [5, 5.41) is 4.11. The molecule has 0 radical (unpaired) electrons. The summed E-state index contributed by atoms with van der Waals surface area (Å²) in [6, 6.07) is 21.5. The maximum absolute atomic E-state index is 13.1. The summed E-state index contributed by atoms with van der Waals surface area (Å²) in [6.07, 6.45) is 1.63. The van der Waals surface area contributed by atoms with Crippen LogP contribution in [0.15, 0.2) is 83.8 Å². The zero-order valence-corrected chi connectivity index (χ0v) is 15.6. The second kappa shape index (κ2) is 7.66. The molecule has 0 saturated carbocycles. The number of hydrogen-bond donors (Lipinski definition) is 1. The van der Waals surface area contributed by atoms with Crippen LogP contribution < -0.4 is 10.9 Å². The maximum Gasteiger partial charge on any atom is 0.265 e. The Bertz CT molecular complexity index is 1200. The number of hydrogen-bond acceptors (Lipinski definition) is 3. The van der Waals surface area contributed by atoms with Gasteiger partial charge in [-0.2, -0.15) is 0 Å². The van der Waals surface area contributed by atoms with Crippen molar-refractivity contribution in [1.29, 1.82) is 0 Å². The van der Waals surface area contributed by atoms with Crippen molar-refractivity contribution in [3.05, 3.63) is 105 Å². The molecule has 5 nitrogen and oxygen atoms in total. The quantitative estimate of drug-likeness (QED) is 0.564. The van der Waals surface area contributed by atoms with Gasteiger partial charge in [-0.1, -0.05) is 41.9 Å². The molecule has 0 aliphatic rings. The van der Waals surface area contributed by atoms with Gasteiger partial charge in [-0.15, -0.1) is 0 Å². The van der Waals surface area contributed by atoms with Crippen molar-refractivity contribution in [3.63, 3.8) is 0 Å². The van der Waals surface area contributed by atoms with Gasteiger partial charge < -0.3 is 5.32 Å². The summed E-state index contributed by atoms with van der Waals surface area (Å²) in [5.41, 5.74) is 1.72. The number of nitrogens with zero attached hydrogens (tertiary/aromatic N) is 2. The molecule has 28 heavy (non-hydrogen) atoms. The highest BCUT2D eigenvalue weighted by molar-refractivity contribution is 6.30. The molecule has 4 aromatic rings. The lowest BCUT2D eigenvalue weighted by molar-refractivity contribution is 0.102. The molecule has 2 aromatic heterocycles. The molecule has 0 fully saturated rings. The number of carbonyl (C=O) groups is 1. The van der Waals surface area contributed by atoms with Gasteiger partial charge in [0.25, 0.3) is 11.5 Å². The zero-order valence-electron chi connectivity index (χ0n) is 14.8. The molecule has 6 heteroatoms. The first kappa shape index (κ1) is 17.9. The summed E-state index contributed by atoms with van der Waals surface area (Å²) in [4.78, 5) is 30.2. The van der Waals surface area contributed by atoms with Crippen LogP contribution in [-0.4, -0.2) is 15.5 Å². The Morgan fingerprint density at radius 1 is 1.00 bits per heavy atom. The fourth-order valence-corrected chi connectivity index (χ4v) is 3.13. The van der Waals surface area contributed by atoms with E-state index >= 15 is 0 Å². The molecular formula is C22H16ClN3O2. The SMILES string of the molecule is O=C(Nc1ccccc1)c1cc2cccnc2n(Cc2ccc(Cl)cc2)c1=O. The molecule has 2 aromatic carbocycles. The number of benzene rings is 2. The molecule has 1 amide bonds. The smallest absolute Gasteiger partial charge is 0.265 e. The van der Waals surface area contributed by atoms with E-state index in [4.69, 9.17) is 11.6 Å². The normalized spacial score (nSPS) is 10.8. The summed E-state index contributed by atoms with van der Waals surface area (Å²) in [6.45, 7) is 0.288. The number of rotatable bonds is 4. The summed E-state index contributed by atoms with van der Waals surface area (Å²) >= 11 is 5.95. The molecule has 4 rings (SSSR count). The largest absolute Gasteiger partial charge is 0.322 e. The van der Waals surface area contributed by atoms with Crippen molar-refractivity contribution in [2.45, 2.75) is 6.54 Å². The molecule has 0 saturated heterocycles. The van der Waals surface area contributed by atoms with Crippen molar-refractivity contribution in [2.24, 2.45) is 0 Å².